The first-order valence-corrected chi connectivity index (χ1v) is 17.7. The van der Waals surface area contributed by atoms with Crippen LogP contribution >= 0.6 is 0 Å². The molecule has 11 heteroatoms. The molecule has 3 atom stereocenters. The summed E-state index contributed by atoms with van der Waals surface area (Å²) in [4.78, 5) is 13.6. The van der Waals surface area contributed by atoms with Crippen LogP contribution in [0.1, 0.15) is 104 Å². The van der Waals surface area contributed by atoms with Crippen molar-refractivity contribution in [2.24, 2.45) is 0 Å². The summed E-state index contributed by atoms with van der Waals surface area (Å²) >= 11 is 0. The number of nitriles is 3. The maximum atomic E-state index is 12.1. The molecule has 0 radical (unpaired) electrons. The Bertz CT molecular complexity index is 1720. The van der Waals surface area contributed by atoms with Gasteiger partial charge in [-0.25, -0.2) is 4.79 Å². The predicted octanol–water partition coefficient (Wildman–Crippen LogP) is 7.09. The maximum absolute atomic E-state index is 12.1. The summed E-state index contributed by atoms with van der Waals surface area (Å²) in [5.74, 6) is 0. The Morgan fingerprint density at radius 2 is 1.06 bits per heavy atom. The van der Waals surface area contributed by atoms with E-state index >= 15 is 0 Å². The lowest BCUT2D eigenvalue weighted by atomic mass is 9.93. The van der Waals surface area contributed by atoms with E-state index in [2.05, 4.69) is 41.0 Å². The molecule has 3 heterocycles. The maximum Gasteiger partial charge on any atom is 0.410 e. The number of carbonyl (C=O) groups is 1. The number of hydrogen-bond acceptors (Lipinski definition) is 10. The summed E-state index contributed by atoms with van der Waals surface area (Å²) in [6.07, 6.45) is 2.00. The molecule has 1 unspecified atom stereocenters. The number of ether oxygens (including phenoxy) is 4. The standard InChI is InChI=1S/C17H22N2O3.2C12H14N2O.2CH4/c1-17(2,3)22-16(20)19(4)11-15-14-7-5-6-12(10-18)13(14)8-9-21-15;2*1-14-8-12-11-4-2-3-9(7-13)10(11)5-6-15-12;;/h5-7,15H,8-9,11H2,1-4H3;2*2-4,12,14H,5-6,8H2,1H3;2*1H4/t;2*12-;;/m.10../s1. The quantitative estimate of drug-likeness (QED) is 0.268. The Labute approximate surface area is 322 Å². The van der Waals surface area contributed by atoms with Gasteiger partial charge in [-0.1, -0.05) is 51.3 Å². The summed E-state index contributed by atoms with van der Waals surface area (Å²) in [6.45, 7) is 9.47. The molecule has 3 aromatic rings. The van der Waals surface area contributed by atoms with Crippen LogP contribution in [0.4, 0.5) is 4.79 Å². The van der Waals surface area contributed by atoms with Crippen LogP contribution in [-0.4, -0.2) is 77.2 Å². The SMILES string of the molecule is C.C.CN(CC1OCCc2c(C#N)cccc21)C(=O)OC(C)(C)C.CNC[C@@H]1OCCc2c(C#N)cccc21.CNC[C@H]1OCCc2c(C#N)cccc21. The van der Waals surface area contributed by atoms with Gasteiger partial charge in [0.1, 0.15) is 11.7 Å². The third-order valence-electron chi connectivity index (χ3n) is 8.98. The molecule has 0 saturated heterocycles. The largest absolute Gasteiger partial charge is 0.444 e. The highest BCUT2D eigenvalue weighted by Gasteiger charge is 2.28. The highest BCUT2D eigenvalue weighted by atomic mass is 16.6. The average molecular weight is 739 g/mol. The summed E-state index contributed by atoms with van der Waals surface area (Å²) in [7, 11) is 5.51. The van der Waals surface area contributed by atoms with Crippen LogP contribution in [0.2, 0.25) is 0 Å². The molecule has 290 valence electrons. The number of fused-ring (bicyclic) bond motifs is 3. The van der Waals surface area contributed by atoms with E-state index in [9.17, 15) is 10.1 Å². The number of likely N-dealkylation sites (N-methyl/N-ethyl adjacent to an activating group) is 3. The van der Waals surface area contributed by atoms with Gasteiger partial charge in [0, 0.05) is 20.1 Å². The number of nitrogens with one attached hydrogen (secondary N) is 2. The van der Waals surface area contributed by atoms with Crippen molar-refractivity contribution in [1.29, 1.82) is 15.8 Å². The van der Waals surface area contributed by atoms with E-state index in [1.807, 2.05) is 77.3 Å². The molecule has 0 aromatic heterocycles. The van der Waals surface area contributed by atoms with Gasteiger partial charge < -0.3 is 34.5 Å². The number of rotatable bonds is 6. The normalized spacial score (nSPS) is 17.8. The molecular weight excluding hydrogens is 681 g/mol. The molecule has 2 N–H and O–H groups in total. The van der Waals surface area contributed by atoms with Crippen molar-refractivity contribution in [3.05, 3.63) is 105 Å². The van der Waals surface area contributed by atoms with Crippen molar-refractivity contribution < 1.29 is 23.7 Å². The van der Waals surface area contributed by atoms with Gasteiger partial charge in [0.15, 0.2) is 0 Å². The Kier molecular flexibility index (Phi) is 18.3. The van der Waals surface area contributed by atoms with Gasteiger partial charge in [-0.05, 0) is 106 Å². The Morgan fingerprint density at radius 3 is 1.39 bits per heavy atom. The minimum atomic E-state index is -0.523. The van der Waals surface area contributed by atoms with E-state index in [0.29, 0.717) is 31.9 Å². The Morgan fingerprint density at radius 1 is 0.704 bits per heavy atom. The van der Waals surface area contributed by atoms with E-state index in [-0.39, 0.29) is 39.3 Å². The van der Waals surface area contributed by atoms with Gasteiger partial charge in [0.05, 0.1) is 73.5 Å². The van der Waals surface area contributed by atoms with E-state index in [4.69, 9.17) is 29.5 Å². The zero-order valence-electron chi connectivity index (χ0n) is 31.1. The van der Waals surface area contributed by atoms with Crippen LogP contribution in [0.25, 0.3) is 0 Å². The first-order valence-electron chi connectivity index (χ1n) is 17.7. The van der Waals surface area contributed by atoms with Crippen LogP contribution in [0.3, 0.4) is 0 Å². The molecule has 0 saturated carbocycles. The van der Waals surface area contributed by atoms with Gasteiger partial charge >= 0.3 is 6.09 Å². The molecule has 0 fully saturated rings. The zero-order valence-corrected chi connectivity index (χ0v) is 31.1. The fourth-order valence-corrected chi connectivity index (χ4v) is 6.57. The molecule has 0 aliphatic carbocycles. The molecule has 3 aromatic carbocycles. The van der Waals surface area contributed by atoms with Gasteiger partial charge in [0.25, 0.3) is 0 Å². The number of amides is 1. The van der Waals surface area contributed by atoms with Crippen LogP contribution in [0.15, 0.2) is 54.6 Å². The van der Waals surface area contributed by atoms with Crippen molar-refractivity contribution in [2.75, 3.05) is 60.6 Å². The van der Waals surface area contributed by atoms with Crippen molar-refractivity contribution in [1.82, 2.24) is 15.5 Å². The van der Waals surface area contributed by atoms with E-state index < -0.39 is 5.60 Å². The summed E-state index contributed by atoms with van der Waals surface area (Å²) in [6, 6.07) is 24.0. The second-order valence-corrected chi connectivity index (χ2v) is 13.8. The predicted molar refractivity (Wildman–Crippen MR) is 211 cm³/mol. The highest BCUT2D eigenvalue weighted by molar-refractivity contribution is 5.67. The third-order valence-corrected chi connectivity index (χ3v) is 8.98. The smallest absolute Gasteiger partial charge is 0.410 e. The minimum Gasteiger partial charge on any atom is -0.444 e. The number of carbonyl (C=O) groups excluding carboxylic acids is 1. The number of hydrogen-bond donors (Lipinski definition) is 2. The lowest BCUT2D eigenvalue weighted by Crippen LogP contribution is -2.38. The van der Waals surface area contributed by atoms with Gasteiger partial charge in [-0.3, -0.25) is 0 Å². The Balaban J connectivity index is 0.000000282. The summed E-state index contributed by atoms with van der Waals surface area (Å²) in [5.41, 5.74) is 8.39. The summed E-state index contributed by atoms with van der Waals surface area (Å²) < 4.78 is 22.5. The van der Waals surface area contributed by atoms with Gasteiger partial charge in [-0.2, -0.15) is 15.8 Å². The molecule has 54 heavy (non-hydrogen) atoms. The minimum absolute atomic E-state index is 0. The number of nitrogens with zero attached hydrogens (tertiary/aromatic N) is 4. The second kappa shape index (κ2) is 21.8. The molecule has 6 rings (SSSR count). The lowest BCUT2D eigenvalue weighted by Gasteiger charge is -2.31. The molecule has 1 amide bonds. The average Bonchev–Trinajstić information content (AvgIpc) is 3.14. The molecule has 0 bridgehead atoms. The number of benzene rings is 3. The molecule has 11 nitrogen and oxygen atoms in total. The van der Waals surface area contributed by atoms with Crippen molar-refractivity contribution in [3.8, 4) is 18.2 Å². The monoisotopic (exact) mass is 738 g/mol. The van der Waals surface area contributed by atoms with Crippen LogP contribution in [-0.2, 0) is 38.2 Å². The first-order chi connectivity index (χ1) is 25.0. The van der Waals surface area contributed by atoms with Crippen molar-refractivity contribution in [3.63, 3.8) is 0 Å². The third kappa shape index (κ3) is 11.9. The second-order valence-electron chi connectivity index (χ2n) is 13.8. The van der Waals surface area contributed by atoms with E-state index in [0.717, 1.165) is 76.9 Å². The van der Waals surface area contributed by atoms with E-state index in [1.165, 1.54) is 4.90 Å². The summed E-state index contributed by atoms with van der Waals surface area (Å²) in [5, 5.41) is 33.4. The highest BCUT2D eigenvalue weighted by Crippen LogP contribution is 2.31. The van der Waals surface area contributed by atoms with Crippen LogP contribution in [0.5, 0.6) is 0 Å². The zero-order chi connectivity index (χ0) is 37.7. The topological polar surface area (TPSA) is 153 Å². The fourth-order valence-electron chi connectivity index (χ4n) is 6.57. The Hall–Kier alpha value is -4.80. The van der Waals surface area contributed by atoms with Crippen LogP contribution < -0.4 is 10.6 Å². The van der Waals surface area contributed by atoms with Gasteiger partial charge in [0.2, 0.25) is 0 Å². The van der Waals surface area contributed by atoms with Gasteiger partial charge in [-0.15, -0.1) is 0 Å². The first kappa shape index (κ1) is 45.4. The molecule has 0 spiro atoms. The molecule has 3 aliphatic rings. The molecular formula is C43H58N6O5. The lowest BCUT2D eigenvalue weighted by molar-refractivity contribution is -0.00167. The van der Waals surface area contributed by atoms with Crippen molar-refractivity contribution in [2.45, 2.75) is 78.8 Å². The van der Waals surface area contributed by atoms with Crippen LogP contribution in [0, 0.1) is 34.0 Å². The molecule has 3 aliphatic heterocycles. The fraction of sp³-hybridized carbons (Fsp3) is 0.488. The van der Waals surface area contributed by atoms with E-state index in [1.54, 1.807) is 7.05 Å². The van der Waals surface area contributed by atoms with Crippen molar-refractivity contribution >= 4 is 6.09 Å².